The molecule has 0 aliphatic rings. The van der Waals surface area contributed by atoms with Gasteiger partial charge in [-0.15, -0.1) is 0 Å². The van der Waals surface area contributed by atoms with Gasteiger partial charge in [0.05, 0.1) is 25.2 Å². The van der Waals surface area contributed by atoms with Crippen molar-refractivity contribution in [1.29, 1.82) is 0 Å². The van der Waals surface area contributed by atoms with Gasteiger partial charge in [0.2, 0.25) is 10.0 Å². The Kier molecular flexibility index (Phi) is 7.50. The summed E-state index contributed by atoms with van der Waals surface area (Å²) in [6, 6.07) is 10.3. The van der Waals surface area contributed by atoms with E-state index in [2.05, 4.69) is 4.72 Å². The first-order valence-corrected chi connectivity index (χ1v) is 10.5. The molecule has 2 aromatic carbocycles. The van der Waals surface area contributed by atoms with Crippen LogP contribution in [0.5, 0.6) is 17.2 Å². The van der Waals surface area contributed by atoms with Crippen LogP contribution in [0.15, 0.2) is 41.3 Å². The van der Waals surface area contributed by atoms with E-state index in [0.29, 0.717) is 36.9 Å². The average molecular weight is 394 g/mol. The van der Waals surface area contributed by atoms with Crippen LogP contribution in [0.25, 0.3) is 0 Å². The summed E-state index contributed by atoms with van der Waals surface area (Å²) in [7, 11) is -2.07. The summed E-state index contributed by atoms with van der Waals surface area (Å²) >= 11 is 0. The van der Waals surface area contributed by atoms with E-state index < -0.39 is 10.0 Å². The Morgan fingerprint density at radius 1 is 0.889 bits per heavy atom. The minimum absolute atomic E-state index is 0.155. The highest BCUT2D eigenvalue weighted by Gasteiger charge is 2.16. The smallest absolute Gasteiger partial charge is 0.240 e. The fourth-order valence-corrected chi connectivity index (χ4v) is 3.73. The van der Waals surface area contributed by atoms with E-state index in [1.807, 2.05) is 26.8 Å². The predicted octanol–water partition coefficient (Wildman–Crippen LogP) is 3.53. The van der Waals surface area contributed by atoms with E-state index in [4.69, 9.17) is 14.2 Å². The molecule has 0 saturated heterocycles. The molecule has 0 aromatic heterocycles. The van der Waals surface area contributed by atoms with Gasteiger partial charge >= 0.3 is 0 Å². The van der Waals surface area contributed by atoms with Crippen molar-refractivity contribution in [2.45, 2.75) is 38.6 Å². The molecule has 1 N–H and O–H groups in total. The monoisotopic (exact) mass is 393 g/mol. The molecular weight excluding hydrogens is 366 g/mol. The maximum absolute atomic E-state index is 12.6. The number of ether oxygens (including phenoxy) is 3. The third kappa shape index (κ3) is 5.37. The molecule has 6 nitrogen and oxygen atoms in total. The summed E-state index contributed by atoms with van der Waals surface area (Å²) in [6.45, 7) is 6.93. The van der Waals surface area contributed by atoms with E-state index in [1.54, 1.807) is 37.4 Å². The molecule has 7 heteroatoms. The van der Waals surface area contributed by atoms with E-state index in [1.165, 1.54) is 0 Å². The molecule has 0 radical (unpaired) electrons. The number of methoxy groups -OCH3 is 1. The van der Waals surface area contributed by atoms with Crippen LogP contribution in [0.1, 0.15) is 31.9 Å². The lowest BCUT2D eigenvalue weighted by molar-refractivity contribution is 0.287. The normalized spacial score (nSPS) is 11.3. The lowest BCUT2D eigenvalue weighted by Gasteiger charge is -2.13. The van der Waals surface area contributed by atoms with Gasteiger partial charge in [0.1, 0.15) is 5.75 Å². The second kappa shape index (κ2) is 9.62. The number of benzene rings is 2. The van der Waals surface area contributed by atoms with Crippen molar-refractivity contribution in [3.63, 3.8) is 0 Å². The Morgan fingerprint density at radius 3 is 2.19 bits per heavy atom. The second-order valence-electron chi connectivity index (χ2n) is 5.80. The van der Waals surface area contributed by atoms with Crippen molar-refractivity contribution >= 4 is 10.0 Å². The molecule has 0 aliphatic heterocycles. The highest BCUT2D eigenvalue weighted by atomic mass is 32.2. The molecule has 2 rings (SSSR count). The largest absolute Gasteiger partial charge is 0.496 e. The van der Waals surface area contributed by atoms with Gasteiger partial charge in [-0.05, 0) is 61.7 Å². The molecule has 0 saturated carbocycles. The fourth-order valence-electron chi connectivity index (χ4n) is 2.67. The first-order valence-electron chi connectivity index (χ1n) is 9.00. The molecular formula is C20H27NO5S. The van der Waals surface area contributed by atoms with Crippen molar-refractivity contribution in [1.82, 2.24) is 4.72 Å². The molecule has 0 heterocycles. The zero-order valence-corrected chi connectivity index (χ0v) is 17.1. The highest BCUT2D eigenvalue weighted by Crippen LogP contribution is 2.29. The fraction of sp³-hybridized carbons (Fsp3) is 0.400. The second-order valence-corrected chi connectivity index (χ2v) is 7.57. The number of sulfonamides is 1. The summed E-state index contributed by atoms with van der Waals surface area (Å²) in [5.74, 6) is 1.94. The first-order chi connectivity index (χ1) is 12.9. The Labute approximate surface area is 161 Å². The maximum Gasteiger partial charge on any atom is 0.240 e. The van der Waals surface area contributed by atoms with E-state index >= 15 is 0 Å². The Morgan fingerprint density at radius 2 is 1.56 bits per heavy atom. The number of hydrogen-bond donors (Lipinski definition) is 1. The zero-order chi connectivity index (χ0) is 19.9. The lowest BCUT2D eigenvalue weighted by Crippen LogP contribution is -2.23. The van der Waals surface area contributed by atoms with Gasteiger partial charge in [-0.3, -0.25) is 0 Å². The van der Waals surface area contributed by atoms with Crippen molar-refractivity contribution in [2.75, 3.05) is 20.3 Å². The molecule has 0 spiro atoms. The van der Waals surface area contributed by atoms with E-state index in [0.717, 1.165) is 11.1 Å². The van der Waals surface area contributed by atoms with Gasteiger partial charge in [0.15, 0.2) is 11.5 Å². The average Bonchev–Trinajstić information content (AvgIpc) is 2.68. The van der Waals surface area contributed by atoms with E-state index in [9.17, 15) is 8.42 Å². The third-order valence-electron chi connectivity index (χ3n) is 4.02. The van der Waals surface area contributed by atoms with Crippen LogP contribution in [0.3, 0.4) is 0 Å². The van der Waals surface area contributed by atoms with Gasteiger partial charge in [-0.25, -0.2) is 13.1 Å². The minimum Gasteiger partial charge on any atom is -0.496 e. The Bertz CT molecular complexity index is 865. The summed E-state index contributed by atoms with van der Waals surface area (Å²) in [5, 5.41) is 0. The molecule has 0 atom stereocenters. The van der Waals surface area contributed by atoms with Crippen LogP contribution in [0.4, 0.5) is 0 Å². The number of rotatable bonds is 10. The van der Waals surface area contributed by atoms with E-state index in [-0.39, 0.29) is 11.4 Å². The number of nitrogens with one attached hydrogen (secondary N) is 1. The van der Waals surface area contributed by atoms with Crippen LogP contribution in [-0.2, 0) is 23.0 Å². The summed E-state index contributed by atoms with van der Waals surface area (Å²) in [4.78, 5) is 0.219. The van der Waals surface area contributed by atoms with Gasteiger partial charge in [0, 0.05) is 6.54 Å². The third-order valence-corrected chi connectivity index (χ3v) is 5.42. The molecule has 0 aliphatic carbocycles. The van der Waals surface area contributed by atoms with Crippen LogP contribution in [0.2, 0.25) is 0 Å². The lowest BCUT2D eigenvalue weighted by atomic mass is 10.1. The van der Waals surface area contributed by atoms with Crippen molar-refractivity contribution in [2.24, 2.45) is 0 Å². The quantitative estimate of drug-likeness (QED) is 0.668. The first kappa shape index (κ1) is 21.1. The summed E-state index contributed by atoms with van der Waals surface area (Å²) in [5.41, 5.74) is 1.63. The molecule has 2 aromatic rings. The van der Waals surface area contributed by atoms with Crippen LogP contribution >= 0.6 is 0 Å². The van der Waals surface area contributed by atoms with Crippen molar-refractivity contribution in [3.05, 3.63) is 47.5 Å². The molecule has 0 bridgehead atoms. The summed E-state index contributed by atoms with van der Waals surface area (Å²) < 4.78 is 44.3. The van der Waals surface area contributed by atoms with Gasteiger partial charge in [0.25, 0.3) is 0 Å². The highest BCUT2D eigenvalue weighted by molar-refractivity contribution is 7.89. The topological polar surface area (TPSA) is 73.9 Å². The molecule has 0 unspecified atom stereocenters. The number of aryl methyl sites for hydroxylation is 1. The van der Waals surface area contributed by atoms with Crippen LogP contribution < -0.4 is 18.9 Å². The summed E-state index contributed by atoms with van der Waals surface area (Å²) in [6.07, 6.45) is 0.684. The van der Waals surface area contributed by atoms with Gasteiger partial charge in [-0.1, -0.05) is 13.0 Å². The maximum atomic E-state index is 12.6. The number of hydrogen-bond acceptors (Lipinski definition) is 5. The molecule has 148 valence electrons. The van der Waals surface area contributed by atoms with Crippen molar-refractivity contribution < 1.29 is 22.6 Å². The Balaban J connectivity index is 2.18. The van der Waals surface area contributed by atoms with Gasteiger partial charge in [-0.2, -0.15) is 0 Å². The minimum atomic E-state index is -3.64. The molecule has 0 fully saturated rings. The molecule has 27 heavy (non-hydrogen) atoms. The standard InChI is InChI=1S/C20H27NO5S/c1-5-16-13-17(9-11-18(16)24-4)27(22,23)21-14-15-8-10-19(25-6-2)20(12-15)26-7-3/h8-13,21H,5-7,14H2,1-4H3. The van der Waals surface area contributed by atoms with Gasteiger partial charge < -0.3 is 14.2 Å². The molecule has 0 amide bonds. The van der Waals surface area contributed by atoms with Crippen molar-refractivity contribution in [3.8, 4) is 17.2 Å². The SMILES string of the molecule is CCOc1ccc(CNS(=O)(=O)c2ccc(OC)c(CC)c2)cc1OCC. The van der Waals surface area contributed by atoms with Crippen LogP contribution in [-0.4, -0.2) is 28.7 Å². The van der Waals surface area contributed by atoms with Crippen LogP contribution in [0, 0.1) is 0 Å². The predicted molar refractivity (Wildman–Crippen MR) is 105 cm³/mol. The zero-order valence-electron chi connectivity index (χ0n) is 16.2. The Hall–Kier alpha value is -2.25.